The normalized spacial score (nSPS) is 16.0. The summed E-state index contributed by atoms with van der Waals surface area (Å²) in [6.45, 7) is 1.95. The molecule has 1 unspecified atom stereocenters. The number of aromatic nitrogens is 1. The van der Waals surface area contributed by atoms with Crippen molar-refractivity contribution >= 4 is 23.5 Å². The molecule has 4 bridgehead atoms. The van der Waals surface area contributed by atoms with Gasteiger partial charge in [-0.1, -0.05) is 23.7 Å². The van der Waals surface area contributed by atoms with Gasteiger partial charge in [0.05, 0.1) is 24.4 Å². The van der Waals surface area contributed by atoms with Crippen LogP contribution < -0.4 is 15.6 Å². The molecular weight excluding hydrogens is 616 g/mol. The molecule has 2 heterocycles. The number of ether oxygens (including phenoxy) is 1. The van der Waals surface area contributed by atoms with Crippen LogP contribution in [0.2, 0.25) is 5.02 Å². The summed E-state index contributed by atoms with van der Waals surface area (Å²) >= 11 is 6.32. The molecule has 1 atom stereocenters. The first-order valence-corrected chi connectivity index (χ1v) is 14.3. The average Bonchev–Trinajstić information content (AvgIpc) is 3.80. The third kappa shape index (κ3) is 7.54. The van der Waals surface area contributed by atoms with Crippen molar-refractivity contribution in [1.29, 1.82) is 0 Å². The first kappa shape index (κ1) is 31.8. The van der Waals surface area contributed by atoms with E-state index in [1.165, 1.54) is 0 Å². The zero-order valence-corrected chi connectivity index (χ0v) is 24.6. The van der Waals surface area contributed by atoms with Crippen molar-refractivity contribution in [3.8, 4) is 22.6 Å². The minimum Gasteiger partial charge on any atom is -0.481 e. The van der Waals surface area contributed by atoms with Gasteiger partial charge in [0.15, 0.2) is 0 Å². The highest BCUT2D eigenvalue weighted by molar-refractivity contribution is 6.31. The second kappa shape index (κ2) is 12.8. The largest absolute Gasteiger partial charge is 0.481 e. The number of aromatic amines is 1. The molecule has 1 aromatic heterocycles. The topological polar surface area (TPSA) is 108 Å². The van der Waals surface area contributed by atoms with Crippen molar-refractivity contribution in [2.45, 2.75) is 50.7 Å². The fourth-order valence-electron chi connectivity index (χ4n) is 5.18. The van der Waals surface area contributed by atoms with Crippen molar-refractivity contribution < 1.29 is 37.0 Å². The maximum absolute atomic E-state index is 15.7. The molecule has 1 aliphatic heterocycles. The number of aliphatic carboxylic acids is 1. The molecule has 12 heteroatoms. The number of fused-ring (bicyclic) bond motifs is 6. The van der Waals surface area contributed by atoms with Gasteiger partial charge in [0.25, 0.3) is 0 Å². The lowest BCUT2D eigenvalue weighted by atomic mass is 9.90. The van der Waals surface area contributed by atoms with Crippen LogP contribution in [0, 0.1) is 12.7 Å². The van der Waals surface area contributed by atoms with E-state index in [4.69, 9.17) is 16.3 Å². The number of hydrogen-bond acceptors (Lipinski definition) is 4. The Balaban J connectivity index is 0.000000309. The number of halogens is 5. The van der Waals surface area contributed by atoms with Crippen LogP contribution >= 0.6 is 11.6 Å². The van der Waals surface area contributed by atoms with Gasteiger partial charge in [-0.2, -0.15) is 13.2 Å². The Hall–Kier alpha value is -4.64. The predicted octanol–water partition coefficient (Wildman–Crippen LogP) is 7.71. The van der Waals surface area contributed by atoms with E-state index in [0.29, 0.717) is 33.7 Å². The summed E-state index contributed by atoms with van der Waals surface area (Å²) in [5.41, 5.74) is 2.02. The Morgan fingerprint density at radius 2 is 1.78 bits per heavy atom. The first-order valence-electron chi connectivity index (χ1n) is 14.0. The summed E-state index contributed by atoms with van der Waals surface area (Å²) < 4.78 is 57.4. The van der Waals surface area contributed by atoms with E-state index in [1.54, 1.807) is 24.3 Å². The molecule has 1 fully saturated rings. The molecule has 2 aliphatic rings. The molecule has 0 radical (unpaired) electrons. The number of nitrogens with one attached hydrogen (secondary N) is 2. The van der Waals surface area contributed by atoms with Crippen LogP contribution in [0.5, 0.6) is 11.5 Å². The fraction of sp³-hybridized carbons (Fsp3) is 0.242. The minimum atomic E-state index is -4.44. The SMILES string of the molecule is Cc1cccc2c1-c1cc(C3CC3)c(F)c(c1)C(CC(=O)O)NC(=O)Cc1cc(ccc1Cl)O2.O=c1cc(C(F)(F)F)cc[nH]1. The highest BCUT2D eigenvalue weighted by Gasteiger charge is 2.32. The predicted molar refractivity (Wildman–Crippen MR) is 159 cm³/mol. The van der Waals surface area contributed by atoms with Crippen LogP contribution in [0.4, 0.5) is 17.6 Å². The number of carbonyl (C=O) groups excluding carboxylic acids is 1. The van der Waals surface area contributed by atoms with Crippen LogP contribution in [0.1, 0.15) is 59.0 Å². The van der Waals surface area contributed by atoms with Gasteiger partial charge in [0.1, 0.15) is 17.3 Å². The molecule has 3 aromatic carbocycles. The number of carboxylic acid groups (broad SMARTS) is 1. The molecule has 6 rings (SSSR count). The standard InChI is InChI=1S/C27H23ClFNO4.C6H4F3NO/c1-14-3-2-4-23-26(14)17-10-19(15-5-6-15)27(29)20(11-17)22(13-25(32)33)30-24(31)12-16-9-18(34-23)7-8-21(16)28;7-6(8,9)4-1-2-10-5(11)3-4/h2-4,7-11,15,22H,5-6,12-13H2,1H3,(H,30,31)(H,32,33);1-3H,(H,10,11). The van der Waals surface area contributed by atoms with Gasteiger partial charge >= 0.3 is 12.1 Å². The zero-order valence-electron chi connectivity index (χ0n) is 23.8. The number of benzene rings is 3. The highest BCUT2D eigenvalue weighted by Crippen LogP contribution is 2.46. The van der Waals surface area contributed by atoms with Crippen LogP contribution in [0.3, 0.4) is 0 Å². The molecule has 4 aromatic rings. The second-order valence-corrected chi connectivity index (χ2v) is 11.3. The Bertz CT molecular complexity index is 1830. The fourth-order valence-corrected chi connectivity index (χ4v) is 5.37. The van der Waals surface area contributed by atoms with E-state index in [1.807, 2.05) is 31.2 Å². The van der Waals surface area contributed by atoms with Crippen LogP contribution in [0.15, 0.2) is 71.7 Å². The Kier molecular flexibility index (Phi) is 9.01. The summed E-state index contributed by atoms with van der Waals surface area (Å²) in [4.78, 5) is 37.1. The van der Waals surface area contributed by atoms with Crippen molar-refractivity contribution in [2.24, 2.45) is 0 Å². The molecule has 3 N–H and O–H groups in total. The van der Waals surface area contributed by atoms with E-state index in [9.17, 15) is 32.7 Å². The molecule has 0 spiro atoms. The minimum absolute atomic E-state index is 0.0813. The smallest absolute Gasteiger partial charge is 0.416 e. The first-order chi connectivity index (χ1) is 21.3. The van der Waals surface area contributed by atoms with Gasteiger partial charge in [0, 0.05) is 28.4 Å². The third-order valence-electron chi connectivity index (χ3n) is 7.46. The summed E-state index contributed by atoms with van der Waals surface area (Å²) in [6.07, 6.45) is -2.27. The van der Waals surface area contributed by atoms with Gasteiger partial charge in [-0.25, -0.2) is 4.39 Å². The second-order valence-electron chi connectivity index (χ2n) is 10.9. The number of alkyl halides is 3. The van der Waals surface area contributed by atoms with E-state index in [0.717, 1.165) is 41.8 Å². The molecular formula is C33H27ClF4N2O5. The number of carbonyl (C=O) groups is 2. The average molecular weight is 643 g/mol. The molecule has 234 valence electrons. The van der Waals surface area contributed by atoms with E-state index in [2.05, 4.69) is 10.3 Å². The van der Waals surface area contributed by atoms with Gasteiger partial charge in [-0.05, 0) is 90.4 Å². The molecule has 1 amide bonds. The number of carboxylic acids is 1. The number of amides is 1. The van der Waals surface area contributed by atoms with Gasteiger partial charge in [-0.3, -0.25) is 14.4 Å². The summed E-state index contributed by atoms with van der Waals surface area (Å²) in [6, 6.07) is 14.5. The molecule has 1 saturated carbocycles. The number of H-pyrrole nitrogens is 1. The number of aryl methyl sites for hydroxylation is 1. The van der Waals surface area contributed by atoms with Crippen molar-refractivity contribution in [1.82, 2.24) is 10.3 Å². The number of rotatable bonds is 3. The molecule has 45 heavy (non-hydrogen) atoms. The van der Waals surface area contributed by atoms with Gasteiger partial charge < -0.3 is 20.1 Å². The van der Waals surface area contributed by atoms with Crippen molar-refractivity contribution in [2.75, 3.05) is 0 Å². The number of hydrogen-bond donors (Lipinski definition) is 3. The monoisotopic (exact) mass is 642 g/mol. The van der Waals surface area contributed by atoms with Crippen molar-refractivity contribution in [3.63, 3.8) is 0 Å². The number of pyridine rings is 1. The lowest BCUT2D eigenvalue weighted by molar-refractivity contribution is -0.138. The highest BCUT2D eigenvalue weighted by atomic mass is 35.5. The van der Waals surface area contributed by atoms with Crippen LogP contribution in [-0.4, -0.2) is 22.0 Å². The van der Waals surface area contributed by atoms with Crippen molar-refractivity contribution in [3.05, 3.63) is 116 Å². The lowest BCUT2D eigenvalue weighted by Gasteiger charge is -2.22. The van der Waals surface area contributed by atoms with E-state index < -0.39 is 47.5 Å². The third-order valence-corrected chi connectivity index (χ3v) is 7.83. The van der Waals surface area contributed by atoms with E-state index >= 15 is 4.39 Å². The quantitative estimate of drug-likeness (QED) is 0.199. The van der Waals surface area contributed by atoms with Crippen LogP contribution in [-0.2, 0) is 22.2 Å². The Morgan fingerprint density at radius 1 is 1.04 bits per heavy atom. The summed E-state index contributed by atoms with van der Waals surface area (Å²) in [5.74, 6) is -0.852. The maximum Gasteiger partial charge on any atom is 0.416 e. The van der Waals surface area contributed by atoms with Gasteiger partial charge in [0.2, 0.25) is 11.5 Å². The van der Waals surface area contributed by atoms with Crippen LogP contribution in [0.25, 0.3) is 11.1 Å². The Labute approximate surface area is 259 Å². The van der Waals surface area contributed by atoms with E-state index in [-0.39, 0.29) is 17.9 Å². The lowest BCUT2D eigenvalue weighted by Crippen LogP contribution is -2.32. The molecule has 7 nitrogen and oxygen atoms in total. The Morgan fingerprint density at radius 3 is 2.42 bits per heavy atom. The summed E-state index contributed by atoms with van der Waals surface area (Å²) in [7, 11) is 0. The maximum atomic E-state index is 15.7. The zero-order chi connectivity index (χ0) is 32.5. The molecule has 1 aliphatic carbocycles. The van der Waals surface area contributed by atoms with Gasteiger partial charge in [-0.15, -0.1) is 0 Å². The summed E-state index contributed by atoms with van der Waals surface area (Å²) in [5, 5.41) is 12.7. The molecule has 0 saturated heterocycles.